The fourth-order valence-corrected chi connectivity index (χ4v) is 3.50. The number of hydrogen-bond donors (Lipinski definition) is 2. The fraction of sp³-hybridized carbons (Fsp3) is 0.667. The van der Waals surface area contributed by atoms with Gasteiger partial charge in [0, 0.05) is 6.61 Å². The van der Waals surface area contributed by atoms with E-state index in [9.17, 15) is 5.11 Å². The number of aliphatic hydroxyl groups excluding tert-OH is 1. The van der Waals surface area contributed by atoms with Crippen LogP contribution in [0.2, 0.25) is 0 Å². The summed E-state index contributed by atoms with van der Waals surface area (Å²) in [5.74, 6) is 2.27. The van der Waals surface area contributed by atoms with Crippen molar-refractivity contribution in [3.05, 3.63) is 35.4 Å². The summed E-state index contributed by atoms with van der Waals surface area (Å²) >= 11 is 0. The summed E-state index contributed by atoms with van der Waals surface area (Å²) in [5.41, 5.74) is 8.84. The van der Waals surface area contributed by atoms with Gasteiger partial charge in [-0.05, 0) is 67.0 Å². The van der Waals surface area contributed by atoms with Crippen molar-refractivity contribution in [2.24, 2.45) is 17.6 Å². The van der Waals surface area contributed by atoms with Gasteiger partial charge in [-0.1, -0.05) is 38.1 Å². The van der Waals surface area contributed by atoms with E-state index < -0.39 is 0 Å². The second-order valence-electron chi connectivity index (χ2n) is 6.63. The average molecular weight is 275 g/mol. The molecule has 1 aliphatic rings. The molecule has 1 aromatic carbocycles. The first-order chi connectivity index (χ1) is 9.65. The van der Waals surface area contributed by atoms with Gasteiger partial charge in [0.15, 0.2) is 0 Å². The van der Waals surface area contributed by atoms with Gasteiger partial charge in [0.2, 0.25) is 0 Å². The molecule has 1 atom stereocenters. The van der Waals surface area contributed by atoms with E-state index >= 15 is 0 Å². The van der Waals surface area contributed by atoms with Crippen LogP contribution >= 0.6 is 0 Å². The number of hydrogen-bond acceptors (Lipinski definition) is 2. The summed E-state index contributed by atoms with van der Waals surface area (Å²) in [6.07, 6.45) is 4.72. The molecule has 0 spiro atoms. The van der Waals surface area contributed by atoms with Crippen molar-refractivity contribution in [3.8, 4) is 0 Å². The molecule has 2 rings (SSSR count). The van der Waals surface area contributed by atoms with Gasteiger partial charge in [-0.2, -0.15) is 0 Å². The summed E-state index contributed by atoms with van der Waals surface area (Å²) in [4.78, 5) is 0. The van der Waals surface area contributed by atoms with Crippen LogP contribution in [-0.4, -0.2) is 18.3 Å². The second-order valence-corrected chi connectivity index (χ2v) is 6.63. The van der Waals surface area contributed by atoms with Crippen LogP contribution in [0.25, 0.3) is 0 Å². The standard InChI is InChI=1S/C18H29NO/c1-13(2)15-7-9-17(10-8-15)18(11-19)16-5-3-14(12-20)4-6-16/h7-10,13-14,16,18,20H,3-6,11-12,19H2,1-2H3. The number of benzene rings is 1. The monoisotopic (exact) mass is 275 g/mol. The van der Waals surface area contributed by atoms with Crippen LogP contribution in [0.15, 0.2) is 24.3 Å². The minimum atomic E-state index is 0.350. The van der Waals surface area contributed by atoms with E-state index in [1.165, 1.54) is 24.0 Å². The van der Waals surface area contributed by atoms with E-state index in [0.29, 0.717) is 30.3 Å². The molecule has 1 saturated carbocycles. The van der Waals surface area contributed by atoms with Crippen LogP contribution in [-0.2, 0) is 0 Å². The molecule has 0 saturated heterocycles. The van der Waals surface area contributed by atoms with Gasteiger partial charge in [0.05, 0.1) is 0 Å². The molecule has 2 nitrogen and oxygen atoms in total. The smallest absolute Gasteiger partial charge is 0.0459 e. The quantitative estimate of drug-likeness (QED) is 0.861. The Morgan fingerprint density at radius 3 is 2.05 bits per heavy atom. The molecule has 20 heavy (non-hydrogen) atoms. The molecule has 3 N–H and O–H groups in total. The average Bonchev–Trinajstić information content (AvgIpc) is 2.49. The van der Waals surface area contributed by atoms with Gasteiger partial charge in [-0.15, -0.1) is 0 Å². The number of nitrogens with two attached hydrogens (primary N) is 1. The Kier molecular flexibility index (Phi) is 5.62. The molecule has 1 unspecified atom stereocenters. The zero-order valence-electron chi connectivity index (χ0n) is 12.9. The van der Waals surface area contributed by atoms with Gasteiger partial charge in [-0.25, -0.2) is 0 Å². The summed E-state index contributed by atoms with van der Waals surface area (Å²) in [7, 11) is 0. The second kappa shape index (κ2) is 7.24. The minimum absolute atomic E-state index is 0.350. The zero-order chi connectivity index (χ0) is 14.5. The summed E-state index contributed by atoms with van der Waals surface area (Å²) in [6, 6.07) is 9.04. The molecular formula is C18H29NO. The van der Waals surface area contributed by atoms with Crippen LogP contribution in [0.1, 0.15) is 62.5 Å². The maximum Gasteiger partial charge on any atom is 0.0459 e. The topological polar surface area (TPSA) is 46.2 Å². The molecule has 0 heterocycles. The predicted octanol–water partition coefficient (Wildman–Crippen LogP) is 3.65. The van der Waals surface area contributed by atoms with Crippen molar-refractivity contribution in [2.75, 3.05) is 13.2 Å². The van der Waals surface area contributed by atoms with Crippen molar-refractivity contribution in [2.45, 2.75) is 51.4 Å². The molecular weight excluding hydrogens is 246 g/mol. The highest BCUT2D eigenvalue weighted by molar-refractivity contribution is 5.28. The normalized spacial score (nSPS) is 24.9. The Hall–Kier alpha value is -0.860. The van der Waals surface area contributed by atoms with Crippen LogP contribution in [0.3, 0.4) is 0 Å². The maximum absolute atomic E-state index is 9.25. The molecule has 112 valence electrons. The van der Waals surface area contributed by atoms with Crippen molar-refractivity contribution in [1.29, 1.82) is 0 Å². The zero-order valence-corrected chi connectivity index (χ0v) is 12.9. The minimum Gasteiger partial charge on any atom is -0.396 e. The number of rotatable bonds is 5. The first-order valence-corrected chi connectivity index (χ1v) is 8.06. The fourth-order valence-electron chi connectivity index (χ4n) is 3.50. The van der Waals surface area contributed by atoms with Crippen LogP contribution < -0.4 is 5.73 Å². The molecule has 1 aromatic rings. The SMILES string of the molecule is CC(C)c1ccc(C(CN)C2CCC(CO)CC2)cc1. The third-order valence-corrected chi connectivity index (χ3v) is 5.00. The van der Waals surface area contributed by atoms with E-state index in [0.717, 1.165) is 19.4 Å². The lowest BCUT2D eigenvalue weighted by molar-refractivity contribution is 0.158. The van der Waals surface area contributed by atoms with Crippen LogP contribution in [0.4, 0.5) is 0 Å². The lowest BCUT2D eigenvalue weighted by Gasteiger charge is -2.33. The van der Waals surface area contributed by atoms with Crippen molar-refractivity contribution in [3.63, 3.8) is 0 Å². The van der Waals surface area contributed by atoms with E-state index in [1.807, 2.05) is 0 Å². The molecule has 1 fully saturated rings. The third kappa shape index (κ3) is 3.62. The van der Waals surface area contributed by atoms with Crippen LogP contribution in [0, 0.1) is 11.8 Å². The largest absolute Gasteiger partial charge is 0.396 e. The van der Waals surface area contributed by atoms with E-state index in [1.54, 1.807) is 0 Å². The number of aliphatic hydroxyl groups is 1. The Labute approximate surface area is 123 Å². The lowest BCUT2D eigenvalue weighted by Crippen LogP contribution is -2.26. The van der Waals surface area contributed by atoms with Crippen molar-refractivity contribution < 1.29 is 5.11 Å². The molecule has 0 aliphatic heterocycles. The first-order valence-electron chi connectivity index (χ1n) is 8.06. The van der Waals surface area contributed by atoms with Gasteiger partial charge < -0.3 is 10.8 Å². The molecule has 0 radical (unpaired) electrons. The summed E-state index contributed by atoms with van der Waals surface area (Å²) in [5, 5.41) is 9.25. The summed E-state index contributed by atoms with van der Waals surface area (Å²) in [6.45, 7) is 5.54. The maximum atomic E-state index is 9.25. The Morgan fingerprint density at radius 2 is 1.60 bits per heavy atom. The third-order valence-electron chi connectivity index (χ3n) is 5.00. The highest BCUT2D eigenvalue weighted by atomic mass is 16.3. The van der Waals surface area contributed by atoms with Crippen molar-refractivity contribution in [1.82, 2.24) is 0 Å². The van der Waals surface area contributed by atoms with Gasteiger partial charge in [-0.3, -0.25) is 0 Å². The van der Waals surface area contributed by atoms with Crippen LogP contribution in [0.5, 0.6) is 0 Å². The molecule has 0 aromatic heterocycles. The molecule has 0 bridgehead atoms. The van der Waals surface area contributed by atoms with Gasteiger partial charge in [0.25, 0.3) is 0 Å². The molecule has 2 heteroatoms. The first kappa shape index (κ1) is 15.5. The summed E-state index contributed by atoms with van der Waals surface area (Å²) < 4.78 is 0. The molecule has 0 amide bonds. The Bertz CT molecular complexity index is 390. The van der Waals surface area contributed by atoms with E-state index in [-0.39, 0.29) is 0 Å². The lowest BCUT2D eigenvalue weighted by atomic mass is 9.73. The van der Waals surface area contributed by atoms with Crippen molar-refractivity contribution >= 4 is 0 Å². The predicted molar refractivity (Wildman–Crippen MR) is 84.9 cm³/mol. The highest BCUT2D eigenvalue weighted by Crippen LogP contribution is 2.37. The Morgan fingerprint density at radius 1 is 1.05 bits per heavy atom. The molecule has 1 aliphatic carbocycles. The van der Waals surface area contributed by atoms with Gasteiger partial charge >= 0.3 is 0 Å². The van der Waals surface area contributed by atoms with E-state index in [2.05, 4.69) is 38.1 Å². The van der Waals surface area contributed by atoms with E-state index in [4.69, 9.17) is 5.73 Å². The Balaban J connectivity index is 2.04. The van der Waals surface area contributed by atoms with Gasteiger partial charge in [0.1, 0.15) is 0 Å². The highest BCUT2D eigenvalue weighted by Gasteiger charge is 2.27.